The summed E-state index contributed by atoms with van der Waals surface area (Å²) in [7, 11) is 1.85. The third-order valence-electron chi connectivity index (χ3n) is 2.68. The van der Waals surface area contributed by atoms with Crippen molar-refractivity contribution in [1.82, 2.24) is 20.1 Å². The number of nitrogens with zero attached hydrogens (tertiary/aromatic N) is 3. The topological polar surface area (TPSA) is 42.7 Å². The summed E-state index contributed by atoms with van der Waals surface area (Å²) in [5.74, 6) is 0.806. The van der Waals surface area contributed by atoms with Crippen molar-refractivity contribution in [2.24, 2.45) is 7.05 Å². The van der Waals surface area contributed by atoms with Crippen molar-refractivity contribution in [2.45, 2.75) is 13.0 Å². The number of aryl methyl sites for hydroxylation is 1. The van der Waals surface area contributed by atoms with E-state index in [0.29, 0.717) is 10.0 Å². The van der Waals surface area contributed by atoms with Crippen molar-refractivity contribution in [1.29, 1.82) is 0 Å². The van der Waals surface area contributed by atoms with Crippen molar-refractivity contribution in [3.8, 4) is 0 Å². The summed E-state index contributed by atoms with van der Waals surface area (Å²) in [6, 6.07) is 5.30. The minimum absolute atomic E-state index is 0.117. The van der Waals surface area contributed by atoms with Crippen LogP contribution in [0.15, 0.2) is 24.5 Å². The largest absolute Gasteiger partial charge is 0.304 e. The summed E-state index contributed by atoms with van der Waals surface area (Å²) < 4.78 is 1.73. The Balaban J connectivity index is 2.48. The highest BCUT2D eigenvalue weighted by atomic mass is 35.5. The molecule has 0 aliphatic carbocycles. The third kappa shape index (κ3) is 2.66. The van der Waals surface area contributed by atoms with Gasteiger partial charge in [-0.3, -0.25) is 4.68 Å². The molecule has 0 spiro atoms. The van der Waals surface area contributed by atoms with E-state index in [2.05, 4.69) is 15.4 Å². The number of hydrogen-bond donors (Lipinski definition) is 1. The van der Waals surface area contributed by atoms with Gasteiger partial charge in [-0.25, -0.2) is 4.98 Å². The zero-order valence-corrected chi connectivity index (χ0v) is 11.7. The van der Waals surface area contributed by atoms with Gasteiger partial charge in [-0.05, 0) is 30.3 Å². The van der Waals surface area contributed by atoms with E-state index < -0.39 is 0 Å². The van der Waals surface area contributed by atoms with Gasteiger partial charge in [0.2, 0.25) is 0 Å². The van der Waals surface area contributed by atoms with Crippen LogP contribution < -0.4 is 5.32 Å². The van der Waals surface area contributed by atoms with E-state index in [9.17, 15) is 0 Å². The summed E-state index contributed by atoms with van der Waals surface area (Å²) in [5.41, 5.74) is 0.905. The third-order valence-corrected chi connectivity index (χ3v) is 3.26. The summed E-state index contributed by atoms with van der Waals surface area (Å²) in [5, 5.41) is 8.74. The Hall–Kier alpha value is -1.10. The normalized spacial score (nSPS) is 12.7. The second kappa shape index (κ2) is 5.69. The van der Waals surface area contributed by atoms with Gasteiger partial charge in [-0.1, -0.05) is 30.1 Å². The summed E-state index contributed by atoms with van der Waals surface area (Å²) in [6.07, 6.45) is 1.53. The molecule has 0 amide bonds. The zero-order chi connectivity index (χ0) is 13.1. The monoisotopic (exact) mass is 284 g/mol. The Kier molecular flexibility index (Phi) is 4.22. The van der Waals surface area contributed by atoms with Crippen LogP contribution in [0.2, 0.25) is 10.0 Å². The van der Waals surface area contributed by atoms with E-state index in [0.717, 1.165) is 17.9 Å². The average Bonchev–Trinajstić information content (AvgIpc) is 2.76. The number of benzene rings is 1. The first-order chi connectivity index (χ1) is 8.63. The Labute approximate surface area is 116 Å². The highest BCUT2D eigenvalue weighted by Gasteiger charge is 2.20. The molecule has 4 nitrogen and oxygen atoms in total. The van der Waals surface area contributed by atoms with Gasteiger partial charge in [0.05, 0.1) is 6.04 Å². The molecule has 18 heavy (non-hydrogen) atoms. The van der Waals surface area contributed by atoms with Gasteiger partial charge >= 0.3 is 0 Å². The van der Waals surface area contributed by atoms with Gasteiger partial charge < -0.3 is 5.32 Å². The number of rotatable bonds is 4. The highest BCUT2D eigenvalue weighted by Crippen LogP contribution is 2.29. The van der Waals surface area contributed by atoms with Crippen molar-refractivity contribution >= 4 is 23.2 Å². The molecule has 1 N–H and O–H groups in total. The highest BCUT2D eigenvalue weighted by molar-refractivity contribution is 6.33. The number of halogens is 2. The van der Waals surface area contributed by atoms with Gasteiger partial charge in [-0.15, -0.1) is 0 Å². The van der Waals surface area contributed by atoms with E-state index in [4.69, 9.17) is 23.2 Å². The molecular weight excluding hydrogens is 271 g/mol. The zero-order valence-electron chi connectivity index (χ0n) is 10.2. The summed E-state index contributed by atoms with van der Waals surface area (Å²) >= 11 is 12.3. The van der Waals surface area contributed by atoms with Crippen LogP contribution in [0.3, 0.4) is 0 Å². The lowest BCUT2D eigenvalue weighted by atomic mass is 10.1. The minimum atomic E-state index is -0.117. The molecule has 0 aliphatic rings. The Morgan fingerprint density at radius 1 is 1.39 bits per heavy atom. The fraction of sp³-hybridized carbons (Fsp3) is 0.333. The van der Waals surface area contributed by atoms with E-state index in [-0.39, 0.29) is 6.04 Å². The lowest BCUT2D eigenvalue weighted by Crippen LogP contribution is -2.25. The molecule has 1 atom stereocenters. The van der Waals surface area contributed by atoms with Crippen LogP contribution >= 0.6 is 23.2 Å². The molecule has 1 unspecified atom stereocenters. The van der Waals surface area contributed by atoms with Gasteiger partial charge in [0, 0.05) is 17.1 Å². The quantitative estimate of drug-likeness (QED) is 0.939. The molecule has 2 rings (SSSR count). The van der Waals surface area contributed by atoms with E-state index in [1.807, 2.05) is 20.0 Å². The molecule has 1 heterocycles. The van der Waals surface area contributed by atoms with Crippen LogP contribution in [0.25, 0.3) is 0 Å². The molecule has 0 radical (unpaired) electrons. The van der Waals surface area contributed by atoms with E-state index >= 15 is 0 Å². The van der Waals surface area contributed by atoms with E-state index in [1.165, 1.54) is 6.33 Å². The fourth-order valence-electron chi connectivity index (χ4n) is 1.85. The van der Waals surface area contributed by atoms with Gasteiger partial charge in [0.15, 0.2) is 0 Å². The SMILES string of the molecule is CCNC(c1cc(Cl)ccc1Cl)c1ncnn1C. The minimum Gasteiger partial charge on any atom is -0.304 e. The second-order valence-corrected chi connectivity index (χ2v) is 4.74. The smallest absolute Gasteiger partial charge is 0.148 e. The molecule has 2 aromatic rings. The van der Waals surface area contributed by atoms with Gasteiger partial charge in [-0.2, -0.15) is 5.10 Å². The lowest BCUT2D eigenvalue weighted by Gasteiger charge is -2.18. The lowest BCUT2D eigenvalue weighted by molar-refractivity contribution is 0.559. The van der Waals surface area contributed by atoms with Crippen molar-refractivity contribution in [3.63, 3.8) is 0 Å². The van der Waals surface area contributed by atoms with Gasteiger partial charge in [0.25, 0.3) is 0 Å². The molecule has 0 fully saturated rings. The maximum atomic E-state index is 6.24. The predicted octanol–water partition coefficient (Wildman–Crippen LogP) is 2.82. The number of nitrogens with one attached hydrogen (secondary N) is 1. The maximum Gasteiger partial charge on any atom is 0.148 e. The number of aromatic nitrogens is 3. The van der Waals surface area contributed by atoms with Crippen molar-refractivity contribution < 1.29 is 0 Å². The number of hydrogen-bond acceptors (Lipinski definition) is 3. The second-order valence-electron chi connectivity index (χ2n) is 3.90. The summed E-state index contributed by atoms with van der Waals surface area (Å²) in [6.45, 7) is 2.82. The van der Waals surface area contributed by atoms with Crippen LogP contribution in [0, 0.1) is 0 Å². The standard InChI is InChI=1S/C12H14Cl2N4/c1-3-15-11(12-16-7-17-18(12)2)9-6-8(13)4-5-10(9)14/h4-7,11,15H,3H2,1-2H3. The van der Waals surface area contributed by atoms with Crippen LogP contribution in [-0.2, 0) is 7.05 Å². The Morgan fingerprint density at radius 2 is 2.17 bits per heavy atom. The fourth-order valence-corrected chi connectivity index (χ4v) is 2.25. The molecule has 96 valence electrons. The Bertz CT molecular complexity index is 539. The first-order valence-electron chi connectivity index (χ1n) is 5.65. The van der Waals surface area contributed by atoms with Crippen molar-refractivity contribution in [2.75, 3.05) is 6.54 Å². The molecule has 6 heteroatoms. The molecule has 0 saturated heterocycles. The van der Waals surface area contributed by atoms with Crippen LogP contribution in [-0.4, -0.2) is 21.3 Å². The molecule has 1 aromatic heterocycles. The van der Waals surface area contributed by atoms with Crippen molar-refractivity contribution in [3.05, 3.63) is 46.0 Å². The molecular formula is C12H14Cl2N4. The molecule has 0 bridgehead atoms. The molecule has 0 saturated carbocycles. The summed E-state index contributed by atoms with van der Waals surface area (Å²) in [4.78, 5) is 4.27. The maximum absolute atomic E-state index is 6.24. The Morgan fingerprint density at radius 3 is 2.78 bits per heavy atom. The average molecular weight is 285 g/mol. The van der Waals surface area contributed by atoms with E-state index in [1.54, 1.807) is 16.8 Å². The molecule has 0 aliphatic heterocycles. The van der Waals surface area contributed by atoms with Gasteiger partial charge in [0.1, 0.15) is 12.2 Å². The van der Waals surface area contributed by atoms with Crippen LogP contribution in [0.1, 0.15) is 24.4 Å². The van der Waals surface area contributed by atoms with Crippen LogP contribution in [0.4, 0.5) is 0 Å². The first-order valence-corrected chi connectivity index (χ1v) is 6.41. The molecule has 1 aromatic carbocycles. The predicted molar refractivity (Wildman–Crippen MR) is 73.0 cm³/mol. The van der Waals surface area contributed by atoms with Crippen LogP contribution in [0.5, 0.6) is 0 Å². The first kappa shape index (κ1) is 13.3.